The van der Waals surface area contributed by atoms with Crippen molar-refractivity contribution in [1.82, 2.24) is 9.80 Å². The molecule has 1 aliphatic heterocycles. The highest BCUT2D eigenvalue weighted by molar-refractivity contribution is 5.86. The van der Waals surface area contributed by atoms with Crippen LogP contribution in [-0.2, 0) is 0 Å². The predicted octanol–water partition coefficient (Wildman–Crippen LogP) is 1.30. The first kappa shape index (κ1) is 14.6. The minimum atomic E-state index is -0.297. The standard InChI is InChI=1S/C12H24N4O2/c1-4-15(5-2)11(17)16-8-6-12(3,7-9-16)10(13)14-18/h18H,4-9H2,1-3H3,(H2,13,14). The molecule has 0 spiro atoms. The third kappa shape index (κ3) is 2.86. The first-order valence-corrected chi connectivity index (χ1v) is 6.50. The molecule has 2 amide bonds. The van der Waals surface area contributed by atoms with E-state index in [0.29, 0.717) is 13.1 Å². The second-order valence-electron chi connectivity index (χ2n) is 4.99. The van der Waals surface area contributed by atoms with Gasteiger partial charge in [-0.2, -0.15) is 0 Å². The van der Waals surface area contributed by atoms with Gasteiger partial charge in [-0.25, -0.2) is 4.79 Å². The van der Waals surface area contributed by atoms with Gasteiger partial charge in [0.1, 0.15) is 5.84 Å². The first-order valence-electron chi connectivity index (χ1n) is 6.50. The van der Waals surface area contributed by atoms with Crippen LogP contribution < -0.4 is 5.73 Å². The Labute approximate surface area is 108 Å². The Balaban J connectivity index is 2.61. The zero-order valence-electron chi connectivity index (χ0n) is 11.5. The highest BCUT2D eigenvalue weighted by atomic mass is 16.4. The van der Waals surface area contributed by atoms with Crippen molar-refractivity contribution in [2.75, 3.05) is 26.2 Å². The maximum absolute atomic E-state index is 12.2. The van der Waals surface area contributed by atoms with E-state index < -0.39 is 0 Å². The number of carbonyl (C=O) groups is 1. The summed E-state index contributed by atoms with van der Waals surface area (Å²) < 4.78 is 0. The van der Waals surface area contributed by atoms with Crippen molar-refractivity contribution in [3.05, 3.63) is 0 Å². The average molecular weight is 256 g/mol. The van der Waals surface area contributed by atoms with Crippen LogP contribution in [0.3, 0.4) is 0 Å². The Morgan fingerprint density at radius 2 is 1.89 bits per heavy atom. The van der Waals surface area contributed by atoms with E-state index in [9.17, 15) is 4.79 Å². The molecule has 18 heavy (non-hydrogen) atoms. The Kier molecular flexibility index (Phi) is 4.81. The summed E-state index contributed by atoms with van der Waals surface area (Å²) in [6, 6.07) is 0.0848. The smallest absolute Gasteiger partial charge is 0.319 e. The minimum Gasteiger partial charge on any atom is -0.409 e. The fourth-order valence-electron chi connectivity index (χ4n) is 2.26. The molecular formula is C12H24N4O2. The molecule has 3 N–H and O–H groups in total. The van der Waals surface area contributed by atoms with Crippen molar-refractivity contribution in [1.29, 1.82) is 0 Å². The Hall–Kier alpha value is -1.46. The van der Waals surface area contributed by atoms with Crippen LogP contribution in [0.4, 0.5) is 4.79 Å². The molecule has 0 atom stereocenters. The molecule has 0 radical (unpaired) electrons. The van der Waals surface area contributed by atoms with Gasteiger partial charge in [-0.15, -0.1) is 0 Å². The maximum Gasteiger partial charge on any atom is 0.319 e. The summed E-state index contributed by atoms with van der Waals surface area (Å²) in [5.41, 5.74) is 5.40. The SMILES string of the molecule is CCN(CC)C(=O)N1CCC(C)(C(N)=NO)CC1. The van der Waals surface area contributed by atoms with Gasteiger partial charge in [0.2, 0.25) is 0 Å². The second kappa shape index (κ2) is 5.93. The number of piperidine rings is 1. The van der Waals surface area contributed by atoms with Crippen molar-refractivity contribution < 1.29 is 10.0 Å². The topological polar surface area (TPSA) is 82.2 Å². The number of likely N-dealkylation sites (tertiary alicyclic amines) is 1. The predicted molar refractivity (Wildman–Crippen MR) is 70.6 cm³/mol. The molecule has 6 nitrogen and oxygen atoms in total. The van der Waals surface area contributed by atoms with Crippen LogP contribution in [0.2, 0.25) is 0 Å². The van der Waals surface area contributed by atoms with Crippen LogP contribution >= 0.6 is 0 Å². The number of carbonyl (C=O) groups excluding carboxylic acids is 1. The number of hydrogen-bond donors (Lipinski definition) is 2. The molecule has 1 heterocycles. The van der Waals surface area contributed by atoms with Crippen LogP contribution in [0.1, 0.15) is 33.6 Å². The summed E-state index contributed by atoms with van der Waals surface area (Å²) in [5, 5.41) is 11.9. The molecule has 6 heteroatoms. The highest BCUT2D eigenvalue weighted by Crippen LogP contribution is 2.31. The monoisotopic (exact) mass is 256 g/mol. The van der Waals surface area contributed by atoms with Gasteiger partial charge >= 0.3 is 6.03 Å². The number of amides is 2. The lowest BCUT2D eigenvalue weighted by molar-refractivity contribution is 0.127. The van der Waals surface area contributed by atoms with E-state index in [-0.39, 0.29) is 17.3 Å². The lowest BCUT2D eigenvalue weighted by Gasteiger charge is -2.40. The third-order valence-electron chi connectivity index (χ3n) is 3.90. The minimum absolute atomic E-state index is 0.0848. The molecule has 0 saturated carbocycles. The van der Waals surface area contributed by atoms with Gasteiger partial charge in [-0.3, -0.25) is 0 Å². The number of amidine groups is 1. The number of hydrogen-bond acceptors (Lipinski definition) is 3. The van der Waals surface area contributed by atoms with Gasteiger partial charge in [0.25, 0.3) is 0 Å². The number of oxime groups is 1. The number of urea groups is 1. The van der Waals surface area contributed by atoms with Crippen LogP contribution in [0.15, 0.2) is 5.16 Å². The molecule has 0 aromatic carbocycles. The molecule has 1 rings (SSSR count). The van der Waals surface area contributed by atoms with Crippen molar-refractivity contribution in [3.63, 3.8) is 0 Å². The van der Waals surface area contributed by atoms with E-state index in [1.54, 1.807) is 0 Å². The van der Waals surface area contributed by atoms with Crippen LogP contribution in [0.25, 0.3) is 0 Å². The first-order chi connectivity index (χ1) is 8.48. The van der Waals surface area contributed by atoms with Gasteiger partial charge in [-0.05, 0) is 26.7 Å². The second-order valence-corrected chi connectivity index (χ2v) is 4.99. The fraction of sp³-hybridized carbons (Fsp3) is 0.833. The van der Waals surface area contributed by atoms with E-state index in [1.807, 2.05) is 30.6 Å². The Bertz CT molecular complexity index is 318. The van der Waals surface area contributed by atoms with Gasteiger partial charge < -0.3 is 20.7 Å². The Morgan fingerprint density at radius 3 is 2.28 bits per heavy atom. The summed E-state index contributed by atoms with van der Waals surface area (Å²) in [7, 11) is 0. The lowest BCUT2D eigenvalue weighted by Crippen LogP contribution is -2.51. The zero-order valence-corrected chi connectivity index (χ0v) is 11.5. The van der Waals surface area contributed by atoms with E-state index in [0.717, 1.165) is 25.9 Å². The van der Waals surface area contributed by atoms with Gasteiger partial charge in [0.05, 0.1) is 0 Å². The zero-order chi connectivity index (χ0) is 13.8. The number of nitrogens with two attached hydrogens (primary N) is 1. The van der Waals surface area contributed by atoms with Crippen molar-refractivity contribution in [2.24, 2.45) is 16.3 Å². The molecule has 0 unspecified atom stereocenters. The molecule has 1 fully saturated rings. The van der Waals surface area contributed by atoms with Crippen molar-refractivity contribution in [2.45, 2.75) is 33.6 Å². The summed E-state index contributed by atoms with van der Waals surface area (Å²) in [4.78, 5) is 15.8. The highest BCUT2D eigenvalue weighted by Gasteiger charge is 2.36. The van der Waals surface area contributed by atoms with Crippen molar-refractivity contribution in [3.8, 4) is 0 Å². The van der Waals surface area contributed by atoms with E-state index >= 15 is 0 Å². The molecule has 0 aromatic rings. The largest absolute Gasteiger partial charge is 0.409 e. The fourth-order valence-corrected chi connectivity index (χ4v) is 2.26. The summed E-state index contributed by atoms with van der Waals surface area (Å²) in [6.45, 7) is 8.69. The molecule has 1 saturated heterocycles. The quantitative estimate of drug-likeness (QED) is 0.345. The molecule has 0 bridgehead atoms. The van der Waals surface area contributed by atoms with Crippen LogP contribution in [0, 0.1) is 5.41 Å². The van der Waals surface area contributed by atoms with Gasteiger partial charge in [0.15, 0.2) is 0 Å². The van der Waals surface area contributed by atoms with Crippen LogP contribution in [-0.4, -0.2) is 53.1 Å². The van der Waals surface area contributed by atoms with Crippen LogP contribution in [0.5, 0.6) is 0 Å². The lowest BCUT2D eigenvalue weighted by atomic mass is 9.79. The Morgan fingerprint density at radius 1 is 1.39 bits per heavy atom. The molecule has 104 valence electrons. The normalized spacial score (nSPS) is 19.7. The number of nitrogens with zero attached hydrogens (tertiary/aromatic N) is 3. The summed E-state index contributed by atoms with van der Waals surface area (Å²) >= 11 is 0. The molecular weight excluding hydrogens is 232 g/mol. The van der Waals surface area contributed by atoms with E-state index in [4.69, 9.17) is 10.9 Å². The maximum atomic E-state index is 12.2. The van der Waals surface area contributed by atoms with E-state index in [2.05, 4.69) is 5.16 Å². The average Bonchev–Trinajstić information content (AvgIpc) is 2.39. The number of rotatable bonds is 3. The molecule has 0 aliphatic carbocycles. The molecule has 1 aliphatic rings. The van der Waals surface area contributed by atoms with Gasteiger partial charge in [-0.1, -0.05) is 12.1 Å². The van der Waals surface area contributed by atoms with E-state index in [1.165, 1.54) is 0 Å². The van der Waals surface area contributed by atoms with Crippen molar-refractivity contribution >= 4 is 11.9 Å². The van der Waals surface area contributed by atoms with Gasteiger partial charge in [0, 0.05) is 31.6 Å². The molecule has 0 aromatic heterocycles. The summed E-state index contributed by atoms with van der Waals surface area (Å²) in [6.07, 6.45) is 1.46. The third-order valence-corrected chi connectivity index (χ3v) is 3.90. The summed E-state index contributed by atoms with van der Waals surface area (Å²) in [5.74, 6) is 0.262.